The maximum absolute atomic E-state index is 9.07. The number of benzene rings is 1. The highest BCUT2D eigenvalue weighted by molar-refractivity contribution is 5.90. The minimum atomic E-state index is 0.138. The molecule has 2 rings (SSSR count). The Balaban J connectivity index is 2.71. The number of hydrogen-bond donors (Lipinski definition) is 1. The number of fused-ring (bicyclic) bond motifs is 1. The second-order valence-electron chi connectivity index (χ2n) is 3.96. The average Bonchev–Trinajstić information content (AvgIpc) is 2.66. The summed E-state index contributed by atoms with van der Waals surface area (Å²) in [6.07, 6.45) is 2.65. The summed E-state index contributed by atoms with van der Waals surface area (Å²) in [5.41, 5.74) is 2.12. The zero-order valence-electron chi connectivity index (χ0n) is 10.4. The molecule has 0 unspecified atom stereocenters. The van der Waals surface area contributed by atoms with E-state index in [4.69, 9.17) is 14.6 Å². The molecule has 0 aliphatic rings. The van der Waals surface area contributed by atoms with E-state index in [1.807, 2.05) is 29.9 Å². The van der Waals surface area contributed by atoms with Gasteiger partial charge in [0.2, 0.25) is 0 Å². The van der Waals surface area contributed by atoms with Crippen LogP contribution in [0.25, 0.3) is 10.9 Å². The normalized spacial score (nSPS) is 10.8. The van der Waals surface area contributed by atoms with E-state index in [2.05, 4.69) is 0 Å². The van der Waals surface area contributed by atoms with Crippen LogP contribution in [-0.4, -0.2) is 30.5 Å². The Kier molecular flexibility index (Phi) is 3.24. The molecule has 0 bridgehead atoms. The fourth-order valence-corrected chi connectivity index (χ4v) is 2.15. The van der Waals surface area contributed by atoms with Crippen molar-refractivity contribution in [3.8, 4) is 11.5 Å². The Bertz CT molecular complexity index is 531. The van der Waals surface area contributed by atoms with E-state index in [0.717, 1.165) is 28.0 Å². The third-order valence-corrected chi connectivity index (χ3v) is 2.93. The Morgan fingerprint density at radius 2 is 2.00 bits per heavy atom. The van der Waals surface area contributed by atoms with Crippen molar-refractivity contribution in [3.63, 3.8) is 0 Å². The molecule has 17 heavy (non-hydrogen) atoms. The Labute approximate surface area is 100 Å². The molecule has 0 atom stereocenters. The van der Waals surface area contributed by atoms with Crippen molar-refractivity contribution in [1.82, 2.24) is 4.57 Å². The molecule has 1 aromatic carbocycles. The summed E-state index contributed by atoms with van der Waals surface area (Å²) in [4.78, 5) is 0. The molecule has 1 heterocycles. The highest BCUT2D eigenvalue weighted by Crippen LogP contribution is 2.34. The molecule has 0 aliphatic heterocycles. The van der Waals surface area contributed by atoms with Gasteiger partial charge < -0.3 is 19.1 Å². The van der Waals surface area contributed by atoms with Gasteiger partial charge in [0.15, 0.2) is 0 Å². The van der Waals surface area contributed by atoms with Crippen LogP contribution in [0, 0.1) is 0 Å². The fraction of sp³-hybridized carbons (Fsp3) is 0.385. The Hall–Kier alpha value is -1.68. The number of aryl methyl sites for hydroxylation is 1. The van der Waals surface area contributed by atoms with Crippen molar-refractivity contribution >= 4 is 10.9 Å². The molecule has 1 aromatic heterocycles. The molecular weight excluding hydrogens is 218 g/mol. The van der Waals surface area contributed by atoms with Crippen LogP contribution in [0.4, 0.5) is 0 Å². The van der Waals surface area contributed by atoms with E-state index in [9.17, 15) is 0 Å². The molecule has 4 nitrogen and oxygen atoms in total. The maximum atomic E-state index is 9.07. The van der Waals surface area contributed by atoms with Gasteiger partial charge in [0.25, 0.3) is 0 Å². The molecule has 92 valence electrons. The topological polar surface area (TPSA) is 43.6 Å². The lowest BCUT2D eigenvalue weighted by Gasteiger charge is -2.08. The van der Waals surface area contributed by atoms with Gasteiger partial charge in [-0.25, -0.2) is 0 Å². The SMILES string of the molecule is COc1cc(OC)c2c(c1)c(CCO)cn2C. The van der Waals surface area contributed by atoms with E-state index in [-0.39, 0.29) is 6.61 Å². The maximum Gasteiger partial charge on any atom is 0.146 e. The molecule has 2 aromatic rings. The molecular formula is C13H17NO3. The lowest BCUT2D eigenvalue weighted by atomic mass is 10.1. The number of ether oxygens (including phenoxy) is 2. The van der Waals surface area contributed by atoms with Gasteiger partial charge in [0, 0.05) is 31.3 Å². The second-order valence-corrected chi connectivity index (χ2v) is 3.96. The van der Waals surface area contributed by atoms with Crippen molar-refractivity contribution in [2.45, 2.75) is 6.42 Å². The van der Waals surface area contributed by atoms with Crippen LogP contribution in [-0.2, 0) is 13.5 Å². The second kappa shape index (κ2) is 4.67. The highest BCUT2D eigenvalue weighted by atomic mass is 16.5. The monoisotopic (exact) mass is 235 g/mol. The first-order valence-corrected chi connectivity index (χ1v) is 5.52. The molecule has 0 aliphatic carbocycles. The first-order chi connectivity index (χ1) is 8.21. The summed E-state index contributed by atoms with van der Waals surface area (Å²) in [6.45, 7) is 0.138. The quantitative estimate of drug-likeness (QED) is 0.877. The van der Waals surface area contributed by atoms with E-state index in [0.29, 0.717) is 6.42 Å². The van der Waals surface area contributed by atoms with Crippen molar-refractivity contribution in [1.29, 1.82) is 0 Å². The van der Waals surface area contributed by atoms with Gasteiger partial charge in [0.1, 0.15) is 11.5 Å². The minimum Gasteiger partial charge on any atom is -0.497 e. The van der Waals surface area contributed by atoms with Gasteiger partial charge >= 0.3 is 0 Å². The number of nitrogens with zero attached hydrogens (tertiary/aromatic N) is 1. The standard InChI is InChI=1S/C13H17NO3/c1-14-8-9(4-5-15)11-6-10(16-2)7-12(17-3)13(11)14/h6-8,15H,4-5H2,1-3H3. The van der Waals surface area contributed by atoms with E-state index < -0.39 is 0 Å². The van der Waals surface area contributed by atoms with Crippen LogP contribution >= 0.6 is 0 Å². The van der Waals surface area contributed by atoms with Crippen molar-refractivity contribution < 1.29 is 14.6 Å². The zero-order chi connectivity index (χ0) is 12.4. The number of methoxy groups -OCH3 is 2. The van der Waals surface area contributed by atoms with Crippen LogP contribution in [0.15, 0.2) is 18.3 Å². The molecule has 0 saturated carbocycles. The summed E-state index contributed by atoms with van der Waals surface area (Å²) in [5, 5.41) is 10.1. The van der Waals surface area contributed by atoms with Gasteiger partial charge in [-0.2, -0.15) is 0 Å². The highest BCUT2D eigenvalue weighted by Gasteiger charge is 2.13. The van der Waals surface area contributed by atoms with Gasteiger partial charge in [-0.15, -0.1) is 0 Å². The summed E-state index contributed by atoms with van der Waals surface area (Å²) >= 11 is 0. The van der Waals surface area contributed by atoms with Gasteiger partial charge in [-0.3, -0.25) is 0 Å². The average molecular weight is 235 g/mol. The molecule has 1 N–H and O–H groups in total. The fourth-order valence-electron chi connectivity index (χ4n) is 2.15. The minimum absolute atomic E-state index is 0.138. The summed E-state index contributed by atoms with van der Waals surface area (Å²) in [7, 11) is 5.25. The summed E-state index contributed by atoms with van der Waals surface area (Å²) in [5.74, 6) is 1.55. The molecule has 4 heteroatoms. The number of aliphatic hydroxyl groups is 1. The van der Waals surface area contributed by atoms with E-state index >= 15 is 0 Å². The number of aliphatic hydroxyl groups excluding tert-OH is 1. The van der Waals surface area contributed by atoms with Crippen LogP contribution in [0.2, 0.25) is 0 Å². The largest absolute Gasteiger partial charge is 0.497 e. The predicted octanol–water partition coefficient (Wildman–Crippen LogP) is 1.73. The van der Waals surface area contributed by atoms with Gasteiger partial charge in [-0.05, 0) is 18.1 Å². The lowest BCUT2D eigenvalue weighted by Crippen LogP contribution is -1.92. The van der Waals surface area contributed by atoms with Crippen LogP contribution in [0.3, 0.4) is 0 Å². The van der Waals surface area contributed by atoms with Crippen molar-refractivity contribution in [2.24, 2.45) is 7.05 Å². The lowest BCUT2D eigenvalue weighted by molar-refractivity contribution is 0.300. The van der Waals surface area contributed by atoms with Crippen LogP contribution in [0.5, 0.6) is 11.5 Å². The number of aromatic nitrogens is 1. The van der Waals surface area contributed by atoms with Crippen LogP contribution < -0.4 is 9.47 Å². The first kappa shape index (κ1) is 11.8. The van der Waals surface area contributed by atoms with Crippen LogP contribution in [0.1, 0.15) is 5.56 Å². The van der Waals surface area contributed by atoms with E-state index in [1.54, 1.807) is 14.2 Å². The molecule has 0 radical (unpaired) electrons. The smallest absolute Gasteiger partial charge is 0.146 e. The third kappa shape index (κ3) is 1.96. The summed E-state index contributed by atoms with van der Waals surface area (Å²) < 4.78 is 12.6. The van der Waals surface area contributed by atoms with Gasteiger partial charge in [-0.1, -0.05) is 0 Å². The Morgan fingerprint density at radius 3 is 2.59 bits per heavy atom. The number of rotatable bonds is 4. The third-order valence-electron chi connectivity index (χ3n) is 2.93. The molecule has 0 amide bonds. The number of hydrogen-bond acceptors (Lipinski definition) is 3. The summed E-state index contributed by atoms with van der Waals surface area (Å²) in [6, 6.07) is 3.84. The van der Waals surface area contributed by atoms with Crippen molar-refractivity contribution in [2.75, 3.05) is 20.8 Å². The molecule has 0 fully saturated rings. The molecule has 0 saturated heterocycles. The van der Waals surface area contributed by atoms with Gasteiger partial charge in [0.05, 0.1) is 19.7 Å². The van der Waals surface area contributed by atoms with E-state index in [1.165, 1.54) is 0 Å². The molecule has 0 spiro atoms. The Morgan fingerprint density at radius 1 is 1.24 bits per heavy atom. The van der Waals surface area contributed by atoms with Crippen molar-refractivity contribution in [3.05, 3.63) is 23.9 Å². The predicted molar refractivity (Wildman–Crippen MR) is 66.8 cm³/mol. The zero-order valence-corrected chi connectivity index (χ0v) is 10.4. The first-order valence-electron chi connectivity index (χ1n) is 5.52.